The van der Waals surface area contributed by atoms with Gasteiger partial charge in [0.05, 0.1) is 17.1 Å². The Morgan fingerprint density at radius 2 is 1.69 bits per heavy atom. The highest BCUT2D eigenvalue weighted by atomic mass is 32.2. The second-order valence-electron chi connectivity index (χ2n) is 6.90. The Hall–Kier alpha value is -2.34. The number of carbonyl (C=O) groups is 1. The summed E-state index contributed by atoms with van der Waals surface area (Å²) in [6.45, 7) is 7.92. The van der Waals surface area contributed by atoms with E-state index in [9.17, 15) is 13.2 Å². The average Bonchev–Trinajstić information content (AvgIpc) is 2.54. The molecule has 1 amide bonds. The number of hydrogen-bond acceptors (Lipinski definition) is 4. The van der Waals surface area contributed by atoms with Crippen LogP contribution in [0.15, 0.2) is 41.3 Å². The fraction of sp³-hybridized carbons (Fsp3) is 0.350. The van der Waals surface area contributed by atoms with Gasteiger partial charge in [-0.15, -0.1) is 0 Å². The topological polar surface area (TPSA) is 75.3 Å². The van der Waals surface area contributed by atoms with Gasteiger partial charge in [-0.1, -0.05) is 37.6 Å². The Balaban J connectivity index is 2.14. The van der Waals surface area contributed by atoms with Crippen molar-refractivity contribution < 1.29 is 13.2 Å². The van der Waals surface area contributed by atoms with E-state index in [0.29, 0.717) is 5.69 Å². The smallest absolute Gasteiger partial charge is 0.243 e. The molecule has 0 heterocycles. The molecular formula is C20H26N2O3S. The number of amides is 1. The lowest BCUT2D eigenvalue weighted by Gasteiger charge is -2.15. The van der Waals surface area contributed by atoms with Crippen molar-refractivity contribution in [2.24, 2.45) is 0 Å². The van der Waals surface area contributed by atoms with Gasteiger partial charge < -0.3 is 10.6 Å². The molecule has 26 heavy (non-hydrogen) atoms. The van der Waals surface area contributed by atoms with E-state index in [1.807, 2.05) is 52.0 Å². The summed E-state index contributed by atoms with van der Waals surface area (Å²) in [5.41, 5.74) is 4.24. The third-order valence-corrected chi connectivity index (χ3v) is 5.30. The molecular weight excluding hydrogens is 348 g/mol. The highest BCUT2D eigenvalue weighted by molar-refractivity contribution is 7.90. The molecule has 0 unspecified atom stereocenters. The molecule has 0 aliphatic rings. The highest BCUT2D eigenvalue weighted by Gasteiger charge is 2.16. The van der Waals surface area contributed by atoms with Gasteiger partial charge in [-0.3, -0.25) is 4.79 Å². The number of benzene rings is 2. The minimum Gasteiger partial charge on any atom is -0.375 e. The molecule has 0 atom stereocenters. The molecule has 2 aromatic rings. The third kappa shape index (κ3) is 5.08. The first-order valence-corrected chi connectivity index (χ1v) is 10.4. The number of carbonyl (C=O) groups excluding carboxylic acids is 1. The highest BCUT2D eigenvalue weighted by Crippen LogP contribution is 2.26. The lowest BCUT2D eigenvalue weighted by molar-refractivity contribution is -0.114. The Morgan fingerprint density at radius 3 is 2.27 bits per heavy atom. The van der Waals surface area contributed by atoms with Crippen LogP contribution < -0.4 is 10.6 Å². The third-order valence-electron chi connectivity index (χ3n) is 4.17. The fourth-order valence-electron chi connectivity index (χ4n) is 2.67. The van der Waals surface area contributed by atoms with Gasteiger partial charge in [0.15, 0.2) is 9.84 Å². The maximum Gasteiger partial charge on any atom is 0.243 e. The summed E-state index contributed by atoms with van der Waals surface area (Å²) in [5, 5.41) is 5.79. The van der Waals surface area contributed by atoms with Gasteiger partial charge in [0, 0.05) is 11.9 Å². The molecule has 140 valence electrons. The summed E-state index contributed by atoms with van der Waals surface area (Å²) in [6.07, 6.45) is 1.17. The maximum absolute atomic E-state index is 12.2. The van der Waals surface area contributed by atoms with Crippen LogP contribution in [0, 0.1) is 13.8 Å². The first-order chi connectivity index (χ1) is 12.1. The van der Waals surface area contributed by atoms with Crippen molar-refractivity contribution in [3.8, 4) is 0 Å². The van der Waals surface area contributed by atoms with Crippen LogP contribution in [0.1, 0.15) is 36.5 Å². The fourth-order valence-corrected chi connectivity index (χ4v) is 3.56. The van der Waals surface area contributed by atoms with Gasteiger partial charge in [-0.25, -0.2) is 8.42 Å². The summed E-state index contributed by atoms with van der Waals surface area (Å²) >= 11 is 0. The minimum absolute atomic E-state index is 0.0170. The Bertz CT molecular complexity index is 919. The molecule has 0 saturated carbocycles. The first-order valence-electron chi connectivity index (χ1n) is 8.53. The van der Waals surface area contributed by atoms with Crippen LogP contribution in [0.3, 0.4) is 0 Å². The molecule has 2 rings (SSSR count). The molecule has 0 aromatic heterocycles. The van der Waals surface area contributed by atoms with E-state index >= 15 is 0 Å². The van der Waals surface area contributed by atoms with Crippen LogP contribution in [0.4, 0.5) is 11.4 Å². The number of anilines is 2. The maximum atomic E-state index is 12.2. The Kier molecular flexibility index (Phi) is 6.08. The molecule has 0 radical (unpaired) electrons. The number of rotatable bonds is 6. The zero-order valence-electron chi connectivity index (χ0n) is 15.9. The molecule has 0 spiro atoms. The van der Waals surface area contributed by atoms with Gasteiger partial charge in [-0.05, 0) is 49.1 Å². The van der Waals surface area contributed by atoms with Gasteiger partial charge in [0.25, 0.3) is 0 Å². The summed E-state index contributed by atoms with van der Waals surface area (Å²) in [5.74, 6) is -0.0123. The molecule has 0 saturated heterocycles. The monoisotopic (exact) mass is 374 g/mol. The average molecular weight is 375 g/mol. The second kappa shape index (κ2) is 7.91. The van der Waals surface area contributed by atoms with Crippen LogP contribution in [-0.2, 0) is 14.6 Å². The van der Waals surface area contributed by atoms with Crippen molar-refractivity contribution in [1.29, 1.82) is 0 Å². The number of sulfone groups is 1. The normalized spacial score (nSPS) is 11.5. The zero-order valence-corrected chi connectivity index (χ0v) is 16.7. The summed E-state index contributed by atoms with van der Waals surface area (Å²) in [6, 6.07) is 11.1. The largest absolute Gasteiger partial charge is 0.375 e. The molecule has 0 aliphatic carbocycles. The molecule has 0 bridgehead atoms. The van der Waals surface area contributed by atoms with Gasteiger partial charge >= 0.3 is 0 Å². The number of nitrogens with one attached hydrogen (secondary N) is 2. The second-order valence-corrected chi connectivity index (χ2v) is 8.89. The van der Waals surface area contributed by atoms with Crippen molar-refractivity contribution in [2.45, 2.75) is 38.5 Å². The molecule has 2 aromatic carbocycles. The van der Waals surface area contributed by atoms with Gasteiger partial charge in [0.1, 0.15) is 0 Å². The number of aryl methyl sites for hydroxylation is 2. The van der Waals surface area contributed by atoms with Crippen LogP contribution in [-0.4, -0.2) is 27.1 Å². The minimum atomic E-state index is -3.40. The van der Waals surface area contributed by atoms with Crippen LogP contribution in [0.5, 0.6) is 0 Å². The van der Waals surface area contributed by atoms with E-state index in [-0.39, 0.29) is 23.3 Å². The lowest BCUT2D eigenvalue weighted by Crippen LogP contribution is -2.23. The Labute approximate surface area is 155 Å². The molecule has 0 aliphatic heterocycles. The molecule has 0 fully saturated rings. The van der Waals surface area contributed by atoms with Crippen LogP contribution >= 0.6 is 0 Å². The van der Waals surface area contributed by atoms with Gasteiger partial charge in [0.2, 0.25) is 5.91 Å². The predicted octanol–water partition coefficient (Wildman–Crippen LogP) is 3.88. The van der Waals surface area contributed by atoms with E-state index in [1.165, 1.54) is 6.26 Å². The van der Waals surface area contributed by atoms with E-state index in [2.05, 4.69) is 10.6 Å². The first kappa shape index (κ1) is 20.0. The predicted molar refractivity (Wildman–Crippen MR) is 107 cm³/mol. The summed E-state index contributed by atoms with van der Waals surface area (Å²) in [7, 11) is -3.40. The van der Waals surface area contributed by atoms with Crippen molar-refractivity contribution >= 4 is 27.1 Å². The van der Waals surface area contributed by atoms with E-state index in [1.54, 1.807) is 12.1 Å². The van der Waals surface area contributed by atoms with E-state index in [4.69, 9.17) is 0 Å². The van der Waals surface area contributed by atoms with Crippen molar-refractivity contribution in [1.82, 2.24) is 0 Å². The van der Waals surface area contributed by atoms with Crippen LogP contribution in [0.2, 0.25) is 0 Å². The molecule has 6 heteroatoms. The summed E-state index contributed by atoms with van der Waals surface area (Å²) < 4.78 is 24.2. The standard InChI is InChI=1S/C20H26N2O3S/c1-13(2)16-7-9-18(19(11-16)26(5,24)25)21-12-20(23)22-17-8-6-14(3)10-15(17)4/h6-11,13,21H,12H2,1-5H3,(H,22,23). The van der Waals surface area contributed by atoms with Crippen molar-refractivity contribution in [3.05, 3.63) is 53.1 Å². The lowest BCUT2D eigenvalue weighted by atomic mass is 10.0. The SMILES string of the molecule is Cc1ccc(NC(=O)CNc2ccc(C(C)C)cc2S(C)(=O)=O)c(C)c1. The van der Waals surface area contributed by atoms with Crippen molar-refractivity contribution in [3.63, 3.8) is 0 Å². The van der Waals surface area contributed by atoms with Gasteiger partial charge in [-0.2, -0.15) is 0 Å². The Morgan fingerprint density at radius 1 is 1.04 bits per heavy atom. The molecule has 5 nitrogen and oxygen atoms in total. The summed E-state index contributed by atoms with van der Waals surface area (Å²) in [4.78, 5) is 12.4. The van der Waals surface area contributed by atoms with Crippen LogP contribution in [0.25, 0.3) is 0 Å². The van der Waals surface area contributed by atoms with E-state index < -0.39 is 9.84 Å². The van der Waals surface area contributed by atoms with E-state index in [0.717, 1.165) is 22.4 Å². The number of hydrogen-bond donors (Lipinski definition) is 2. The quantitative estimate of drug-likeness (QED) is 0.804. The molecule has 2 N–H and O–H groups in total. The zero-order chi connectivity index (χ0) is 19.5. The van der Waals surface area contributed by atoms with Crippen molar-refractivity contribution in [2.75, 3.05) is 23.4 Å².